The van der Waals surface area contributed by atoms with Crippen LogP contribution in [0.4, 0.5) is 0 Å². The number of ether oxygens (including phenoxy) is 2. The number of carbonyl (C=O) groups is 4. The summed E-state index contributed by atoms with van der Waals surface area (Å²) in [6, 6.07) is 0. The number of esters is 1. The van der Waals surface area contributed by atoms with Crippen molar-refractivity contribution in [2.75, 3.05) is 12.1 Å². The second-order valence-corrected chi connectivity index (χ2v) is 8.51. The molecule has 2 amide bonds. The first-order chi connectivity index (χ1) is 13.6. The predicted molar refractivity (Wildman–Crippen MR) is 98.5 cm³/mol. The lowest BCUT2D eigenvalue weighted by atomic mass is 10.00. The van der Waals surface area contributed by atoms with Crippen molar-refractivity contribution in [2.45, 2.75) is 49.6 Å². The molecule has 12 nitrogen and oxygen atoms in total. The number of β-lactam (4-membered cyclic amide) rings is 1. The van der Waals surface area contributed by atoms with Gasteiger partial charge in [0.25, 0.3) is 11.6 Å². The van der Waals surface area contributed by atoms with Crippen LogP contribution in [0.1, 0.15) is 27.7 Å². The molecule has 0 radical (unpaired) electrons. The van der Waals surface area contributed by atoms with Crippen LogP contribution in [0.5, 0.6) is 0 Å². The molecule has 156 valence electrons. The number of fused-ring (bicyclic) bond motifs is 1. The number of rotatable bonds is 5. The quantitative estimate of drug-likeness (QED) is 0.256. The van der Waals surface area contributed by atoms with E-state index in [0.717, 1.165) is 27.9 Å². The molecule has 1 aromatic heterocycles. The molecule has 1 saturated heterocycles. The topological polar surface area (TPSA) is 137 Å². The van der Waals surface area contributed by atoms with E-state index in [1.807, 2.05) is 0 Å². The number of aldehydes is 1. The number of hydrogen-bond donors (Lipinski definition) is 0. The Morgan fingerprint density at radius 3 is 2.55 bits per heavy atom. The lowest BCUT2D eigenvalue weighted by Crippen LogP contribution is -2.82. The standard InChI is InChI=1S/C16H20N6O6S/c1-9(24)22(21-8-17-18-19-21)16(27-5)13(26)20-6-10(7-23)11(29-14(16)20)12(25)28-15(2,3)4/h6-8,11,14H,1-5H3/t11?,14-,16?/m1/s1. The van der Waals surface area contributed by atoms with Gasteiger partial charge in [0, 0.05) is 25.8 Å². The van der Waals surface area contributed by atoms with Crippen LogP contribution in [0.15, 0.2) is 18.1 Å². The fourth-order valence-electron chi connectivity index (χ4n) is 3.13. The van der Waals surface area contributed by atoms with Gasteiger partial charge in [-0.05, 0) is 31.2 Å². The Bertz CT molecular complexity index is 881. The largest absolute Gasteiger partial charge is 0.459 e. The maximum Gasteiger partial charge on any atom is 0.324 e. The first-order valence-corrected chi connectivity index (χ1v) is 9.48. The van der Waals surface area contributed by atoms with Crippen LogP contribution >= 0.6 is 11.8 Å². The molecule has 1 fully saturated rings. The van der Waals surface area contributed by atoms with Gasteiger partial charge in [0.15, 0.2) is 6.33 Å². The van der Waals surface area contributed by atoms with Crippen molar-refractivity contribution in [3.05, 3.63) is 18.1 Å². The molecule has 0 spiro atoms. The van der Waals surface area contributed by atoms with Crippen molar-refractivity contribution in [1.29, 1.82) is 0 Å². The number of aromatic nitrogens is 4. The first kappa shape index (κ1) is 20.9. The molecule has 2 aliphatic heterocycles. The Balaban J connectivity index is 2.01. The zero-order valence-corrected chi connectivity index (χ0v) is 17.2. The maximum atomic E-state index is 13.0. The minimum atomic E-state index is -1.81. The van der Waals surface area contributed by atoms with Gasteiger partial charge in [0.2, 0.25) is 5.91 Å². The number of methoxy groups -OCH3 is 1. The predicted octanol–water partition coefficient (Wildman–Crippen LogP) is -0.791. The molecule has 0 aromatic carbocycles. The van der Waals surface area contributed by atoms with Crippen LogP contribution in [0.3, 0.4) is 0 Å². The molecule has 29 heavy (non-hydrogen) atoms. The second-order valence-electron chi connectivity index (χ2n) is 7.32. The van der Waals surface area contributed by atoms with Crippen molar-refractivity contribution < 1.29 is 28.7 Å². The zero-order valence-electron chi connectivity index (χ0n) is 16.4. The number of nitrogens with zero attached hydrogens (tertiary/aromatic N) is 6. The third-order valence-corrected chi connectivity index (χ3v) is 5.75. The number of amides is 2. The molecule has 0 saturated carbocycles. The number of hydrogen-bond acceptors (Lipinski definition) is 10. The zero-order chi connectivity index (χ0) is 21.6. The summed E-state index contributed by atoms with van der Waals surface area (Å²) in [5, 5.41) is 9.78. The SMILES string of the molecule is COC1(N(C(C)=O)n2cnnn2)C(=O)N2C=C(C=O)C(C(=O)OC(C)(C)C)S[C@@H]21. The normalized spacial score (nSPS) is 26.2. The smallest absolute Gasteiger partial charge is 0.324 e. The third-order valence-electron chi connectivity index (χ3n) is 4.21. The molecule has 0 bridgehead atoms. The van der Waals surface area contributed by atoms with Crippen molar-refractivity contribution in [2.24, 2.45) is 0 Å². The molecule has 2 unspecified atom stereocenters. The van der Waals surface area contributed by atoms with Gasteiger partial charge in [0.05, 0.1) is 0 Å². The van der Waals surface area contributed by atoms with Crippen molar-refractivity contribution in [1.82, 2.24) is 25.2 Å². The molecular formula is C16H20N6O6S. The minimum absolute atomic E-state index is 0.0790. The second kappa shape index (κ2) is 7.22. The van der Waals surface area contributed by atoms with Gasteiger partial charge in [-0.1, -0.05) is 0 Å². The number of tetrazole rings is 1. The van der Waals surface area contributed by atoms with Gasteiger partial charge in [-0.2, -0.15) is 5.01 Å². The van der Waals surface area contributed by atoms with E-state index in [0.29, 0.717) is 6.29 Å². The van der Waals surface area contributed by atoms with Gasteiger partial charge in [-0.15, -0.1) is 21.7 Å². The highest BCUT2D eigenvalue weighted by Crippen LogP contribution is 2.48. The van der Waals surface area contributed by atoms with Crippen LogP contribution in [-0.2, 0) is 28.7 Å². The highest BCUT2D eigenvalue weighted by molar-refractivity contribution is 8.01. The molecule has 13 heteroatoms. The molecular weight excluding hydrogens is 404 g/mol. The molecule has 3 rings (SSSR count). The number of thioether (sulfide) groups is 1. The van der Waals surface area contributed by atoms with Crippen molar-refractivity contribution in [3.8, 4) is 0 Å². The Morgan fingerprint density at radius 1 is 1.38 bits per heavy atom. The highest BCUT2D eigenvalue weighted by atomic mass is 32.2. The van der Waals surface area contributed by atoms with Crippen LogP contribution in [0, 0.1) is 0 Å². The Labute approximate surface area is 170 Å². The molecule has 3 heterocycles. The van der Waals surface area contributed by atoms with Gasteiger partial charge in [-0.25, -0.2) is 0 Å². The molecule has 0 aliphatic carbocycles. The minimum Gasteiger partial charge on any atom is -0.459 e. The molecule has 0 N–H and O–H groups in total. The Hall–Kier alpha value is -2.80. The summed E-state index contributed by atoms with van der Waals surface area (Å²) in [4.78, 5) is 51.8. The maximum absolute atomic E-state index is 13.0. The molecule has 1 aromatic rings. The number of carbonyl (C=O) groups excluding carboxylic acids is 4. The lowest BCUT2D eigenvalue weighted by molar-refractivity contribution is -0.186. The first-order valence-electron chi connectivity index (χ1n) is 8.54. The Morgan fingerprint density at radius 2 is 2.07 bits per heavy atom. The summed E-state index contributed by atoms with van der Waals surface area (Å²) in [5.41, 5.74) is -2.50. The summed E-state index contributed by atoms with van der Waals surface area (Å²) in [6.07, 6.45) is 2.92. The van der Waals surface area contributed by atoms with Gasteiger partial charge in [0.1, 0.15) is 22.5 Å². The molecule has 3 atom stereocenters. The van der Waals surface area contributed by atoms with Crippen LogP contribution in [0.2, 0.25) is 0 Å². The summed E-state index contributed by atoms with van der Waals surface area (Å²) in [5.74, 6) is -1.81. The fraction of sp³-hybridized carbons (Fsp3) is 0.562. The van der Waals surface area contributed by atoms with E-state index in [9.17, 15) is 19.2 Å². The fourth-order valence-corrected chi connectivity index (χ4v) is 4.59. The summed E-state index contributed by atoms with van der Waals surface area (Å²) in [7, 11) is 1.26. The van der Waals surface area contributed by atoms with Crippen LogP contribution < -0.4 is 5.01 Å². The van der Waals surface area contributed by atoms with Gasteiger partial charge in [-0.3, -0.25) is 24.1 Å². The van der Waals surface area contributed by atoms with Gasteiger partial charge < -0.3 is 9.47 Å². The van der Waals surface area contributed by atoms with Gasteiger partial charge >= 0.3 is 5.97 Å². The summed E-state index contributed by atoms with van der Waals surface area (Å²) >= 11 is 0.971. The van der Waals surface area contributed by atoms with E-state index < -0.39 is 39.7 Å². The van der Waals surface area contributed by atoms with E-state index in [-0.39, 0.29) is 5.57 Å². The van der Waals surface area contributed by atoms with E-state index >= 15 is 0 Å². The molecule has 2 aliphatic rings. The van der Waals surface area contributed by atoms with Crippen molar-refractivity contribution in [3.63, 3.8) is 0 Å². The van der Waals surface area contributed by atoms with E-state index in [4.69, 9.17) is 9.47 Å². The highest BCUT2D eigenvalue weighted by Gasteiger charge is 2.69. The lowest BCUT2D eigenvalue weighted by Gasteiger charge is -2.57. The van der Waals surface area contributed by atoms with E-state index in [1.165, 1.54) is 25.1 Å². The van der Waals surface area contributed by atoms with Crippen LogP contribution in [0.25, 0.3) is 0 Å². The van der Waals surface area contributed by atoms with E-state index in [2.05, 4.69) is 15.5 Å². The van der Waals surface area contributed by atoms with Crippen molar-refractivity contribution >= 4 is 35.8 Å². The van der Waals surface area contributed by atoms with Crippen LogP contribution in [-0.4, -0.2) is 78.3 Å². The Kier molecular flexibility index (Phi) is 5.21. The monoisotopic (exact) mass is 424 g/mol. The summed E-state index contributed by atoms with van der Waals surface area (Å²) in [6.45, 7) is 6.34. The third kappa shape index (κ3) is 3.29. The average molecular weight is 424 g/mol. The average Bonchev–Trinajstić information content (AvgIpc) is 3.16. The van der Waals surface area contributed by atoms with E-state index in [1.54, 1.807) is 20.8 Å². The summed E-state index contributed by atoms with van der Waals surface area (Å²) < 4.78 is 10.9.